The molecule has 0 saturated carbocycles. The fourth-order valence-corrected chi connectivity index (χ4v) is 3.65. The smallest absolute Gasteiger partial charge is 0.227 e. The number of amides is 1. The molecule has 2 heterocycles. The number of methoxy groups -OCH3 is 2. The standard InChI is InChI=1S/C18H26N2O3/c1-12-10-19-11-15(12)18(21)20-6-4-13-8-16(22-2)17(23-3)9-14(13)5-7-20/h8-9,12,15,19H,4-7,10-11H2,1-3H3/t12-,15-/m1/s1. The zero-order chi connectivity index (χ0) is 16.4. The van der Waals surface area contributed by atoms with Gasteiger partial charge in [0.15, 0.2) is 11.5 Å². The van der Waals surface area contributed by atoms with Crippen LogP contribution in [-0.4, -0.2) is 51.2 Å². The van der Waals surface area contributed by atoms with E-state index in [0.29, 0.717) is 11.8 Å². The summed E-state index contributed by atoms with van der Waals surface area (Å²) in [7, 11) is 3.32. The number of hydrogen-bond donors (Lipinski definition) is 1. The molecular formula is C18H26N2O3. The van der Waals surface area contributed by atoms with Crippen LogP contribution in [0.1, 0.15) is 18.1 Å². The molecule has 23 heavy (non-hydrogen) atoms. The van der Waals surface area contributed by atoms with E-state index in [9.17, 15) is 4.79 Å². The van der Waals surface area contributed by atoms with E-state index in [-0.39, 0.29) is 5.92 Å². The third-order valence-corrected chi connectivity index (χ3v) is 5.15. The van der Waals surface area contributed by atoms with Crippen LogP contribution < -0.4 is 14.8 Å². The second-order valence-electron chi connectivity index (χ2n) is 6.54. The highest BCUT2D eigenvalue weighted by Gasteiger charge is 2.33. The fourth-order valence-electron chi connectivity index (χ4n) is 3.65. The first kappa shape index (κ1) is 16.1. The summed E-state index contributed by atoms with van der Waals surface area (Å²) in [6.07, 6.45) is 1.74. The first-order chi connectivity index (χ1) is 11.1. The number of rotatable bonds is 3. The van der Waals surface area contributed by atoms with Gasteiger partial charge in [0.2, 0.25) is 5.91 Å². The van der Waals surface area contributed by atoms with Gasteiger partial charge < -0.3 is 19.7 Å². The van der Waals surface area contributed by atoms with E-state index in [1.165, 1.54) is 11.1 Å². The van der Waals surface area contributed by atoms with E-state index in [0.717, 1.165) is 50.5 Å². The molecule has 3 rings (SSSR count). The highest BCUT2D eigenvalue weighted by atomic mass is 16.5. The summed E-state index contributed by atoms with van der Waals surface area (Å²) in [5.74, 6) is 2.38. The van der Waals surface area contributed by atoms with Crippen LogP contribution >= 0.6 is 0 Å². The Morgan fingerprint density at radius 2 is 1.65 bits per heavy atom. The number of nitrogens with zero attached hydrogens (tertiary/aromatic N) is 1. The molecule has 2 atom stereocenters. The Morgan fingerprint density at radius 3 is 2.09 bits per heavy atom. The van der Waals surface area contributed by atoms with Crippen LogP contribution in [0.25, 0.3) is 0 Å². The lowest BCUT2D eigenvalue weighted by Crippen LogP contribution is -2.40. The Hall–Kier alpha value is -1.75. The maximum absolute atomic E-state index is 12.8. The number of nitrogens with one attached hydrogen (secondary N) is 1. The number of ether oxygens (including phenoxy) is 2. The molecule has 1 amide bonds. The molecule has 2 aliphatic heterocycles. The number of hydrogen-bond acceptors (Lipinski definition) is 4. The van der Waals surface area contributed by atoms with Gasteiger partial charge in [-0.15, -0.1) is 0 Å². The van der Waals surface area contributed by atoms with E-state index in [4.69, 9.17) is 9.47 Å². The minimum atomic E-state index is 0.125. The molecule has 1 saturated heterocycles. The molecule has 0 bridgehead atoms. The van der Waals surface area contributed by atoms with Crippen LogP contribution in [0.4, 0.5) is 0 Å². The van der Waals surface area contributed by atoms with Gasteiger partial charge in [0.1, 0.15) is 0 Å². The highest BCUT2D eigenvalue weighted by molar-refractivity contribution is 5.80. The second-order valence-corrected chi connectivity index (χ2v) is 6.54. The van der Waals surface area contributed by atoms with Crippen LogP contribution in [0.15, 0.2) is 12.1 Å². The molecule has 1 aromatic carbocycles. The third kappa shape index (κ3) is 3.15. The minimum absolute atomic E-state index is 0.125. The van der Waals surface area contributed by atoms with Crippen molar-refractivity contribution >= 4 is 5.91 Å². The monoisotopic (exact) mass is 318 g/mol. The topological polar surface area (TPSA) is 50.8 Å². The predicted octanol–water partition coefficient (Wildman–Crippen LogP) is 1.49. The summed E-state index contributed by atoms with van der Waals surface area (Å²) < 4.78 is 10.8. The molecule has 5 nitrogen and oxygen atoms in total. The van der Waals surface area contributed by atoms with E-state index in [1.807, 2.05) is 4.90 Å². The molecular weight excluding hydrogens is 292 g/mol. The summed E-state index contributed by atoms with van der Waals surface area (Å²) >= 11 is 0. The van der Waals surface area contributed by atoms with Crippen molar-refractivity contribution in [2.75, 3.05) is 40.4 Å². The quantitative estimate of drug-likeness (QED) is 0.917. The largest absolute Gasteiger partial charge is 0.493 e. The lowest BCUT2D eigenvalue weighted by Gasteiger charge is -2.25. The van der Waals surface area contributed by atoms with Crippen molar-refractivity contribution in [3.63, 3.8) is 0 Å². The van der Waals surface area contributed by atoms with Gasteiger partial charge in [0.05, 0.1) is 20.1 Å². The van der Waals surface area contributed by atoms with Gasteiger partial charge >= 0.3 is 0 Å². The van der Waals surface area contributed by atoms with Gasteiger partial charge in [-0.25, -0.2) is 0 Å². The lowest BCUT2D eigenvalue weighted by atomic mass is 9.96. The zero-order valence-corrected chi connectivity index (χ0v) is 14.2. The maximum Gasteiger partial charge on any atom is 0.227 e. The molecule has 1 fully saturated rings. The first-order valence-corrected chi connectivity index (χ1v) is 8.37. The van der Waals surface area contributed by atoms with Crippen molar-refractivity contribution in [1.29, 1.82) is 0 Å². The average Bonchev–Trinajstić information content (AvgIpc) is 2.89. The molecule has 126 valence electrons. The van der Waals surface area contributed by atoms with E-state index in [2.05, 4.69) is 24.4 Å². The fraction of sp³-hybridized carbons (Fsp3) is 0.611. The minimum Gasteiger partial charge on any atom is -0.493 e. The van der Waals surface area contributed by atoms with Crippen LogP contribution in [0.2, 0.25) is 0 Å². The van der Waals surface area contributed by atoms with Crippen molar-refractivity contribution in [2.45, 2.75) is 19.8 Å². The molecule has 5 heteroatoms. The molecule has 0 radical (unpaired) electrons. The average molecular weight is 318 g/mol. The molecule has 1 N–H and O–H groups in total. The van der Waals surface area contributed by atoms with Gasteiger partial charge in [-0.2, -0.15) is 0 Å². The van der Waals surface area contributed by atoms with Crippen LogP contribution in [0.5, 0.6) is 11.5 Å². The van der Waals surface area contributed by atoms with E-state index < -0.39 is 0 Å². The van der Waals surface area contributed by atoms with E-state index in [1.54, 1.807) is 14.2 Å². The van der Waals surface area contributed by atoms with Gasteiger partial charge in [0.25, 0.3) is 0 Å². The molecule has 0 aromatic heterocycles. The zero-order valence-electron chi connectivity index (χ0n) is 14.2. The van der Waals surface area contributed by atoms with Crippen molar-refractivity contribution in [3.05, 3.63) is 23.3 Å². The Balaban J connectivity index is 1.76. The van der Waals surface area contributed by atoms with Crippen molar-refractivity contribution < 1.29 is 14.3 Å². The summed E-state index contributed by atoms with van der Waals surface area (Å²) in [5.41, 5.74) is 2.52. The number of carbonyl (C=O) groups is 1. The third-order valence-electron chi connectivity index (χ3n) is 5.15. The predicted molar refractivity (Wildman–Crippen MR) is 89.1 cm³/mol. The Bertz CT molecular complexity index is 553. The normalized spacial score (nSPS) is 24.0. The van der Waals surface area contributed by atoms with Gasteiger partial charge in [0, 0.05) is 19.6 Å². The molecule has 0 spiro atoms. The second kappa shape index (κ2) is 6.79. The number of carbonyl (C=O) groups excluding carboxylic acids is 1. The summed E-state index contributed by atoms with van der Waals surface area (Å²) in [6, 6.07) is 4.11. The molecule has 0 unspecified atom stereocenters. The molecule has 1 aromatic rings. The van der Waals surface area contributed by atoms with E-state index >= 15 is 0 Å². The van der Waals surface area contributed by atoms with Crippen molar-refractivity contribution in [2.24, 2.45) is 11.8 Å². The van der Waals surface area contributed by atoms with Crippen LogP contribution in [0.3, 0.4) is 0 Å². The van der Waals surface area contributed by atoms with Crippen LogP contribution in [-0.2, 0) is 17.6 Å². The molecule has 0 aliphatic carbocycles. The summed E-state index contributed by atoms with van der Waals surface area (Å²) in [4.78, 5) is 14.8. The number of fused-ring (bicyclic) bond motifs is 1. The van der Waals surface area contributed by atoms with Gasteiger partial charge in [-0.1, -0.05) is 6.92 Å². The Morgan fingerprint density at radius 1 is 1.09 bits per heavy atom. The van der Waals surface area contributed by atoms with Crippen molar-refractivity contribution in [3.8, 4) is 11.5 Å². The van der Waals surface area contributed by atoms with Crippen molar-refractivity contribution in [1.82, 2.24) is 10.2 Å². The van der Waals surface area contributed by atoms with Gasteiger partial charge in [-0.05, 0) is 48.6 Å². The summed E-state index contributed by atoms with van der Waals surface area (Å²) in [6.45, 7) is 5.48. The van der Waals surface area contributed by atoms with Crippen LogP contribution in [0, 0.1) is 11.8 Å². The highest BCUT2D eigenvalue weighted by Crippen LogP contribution is 2.32. The molecule has 2 aliphatic rings. The number of benzene rings is 1. The van der Waals surface area contributed by atoms with Gasteiger partial charge in [-0.3, -0.25) is 4.79 Å². The Labute approximate surface area is 137 Å². The maximum atomic E-state index is 12.8. The first-order valence-electron chi connectivity index (χ1n) is 8.37. The Kier molecular flexibility index (Phi) is 4.76. The lowest BCUT2D eigenvalue weighted by molar-refractivity contribution is -0.135. The SMILES string of the molecule is COc1cc2c(cc1OC)CCN(C(=O)[C@@H]1CNC[C@H]1C)CC2. The summed E-state index contributed by atoms with van der Waals surface area (Å²) in [5, 5.41) is 3.32.